The van der Waals surface area contributed by atoms with Crippen molar-refractivity contribution in [3.8, 4) is 11.5 Å². The van der Waals surface area contributed by atoms with E-state index in [0.717, 1.165) is 23.2 Å². The molecule has 41 heavy (non-hydrogen) atoms. The van der Waals surface area contributed by atoms with Gasteiger partial charge >= 0.3 is 0 Å². The third-order valence-electron chi connectivity index (χ3n) is 7.97. The summed E-state index contributed by atoms with van der Waals surface area (Å²) in [6.07, 6.45) is 7.63. The van der Waals surface area contributed by atoms with E-state index in [9.17, 15) is 0 Å². The van der Waals surface area contributed by atoms with Crippen LogP contribution >= 0.6 is 11.6 Å². The largest absolute Gasteiger partial charge is 0.490 e. The van der Waals surface area contributed by atoms with Gasteiger partial charge in [0.2, 0.25) is 0 Å². The van der Waals surface area contributed by atoms with Crippen molar-refractivity contribution < 1.29 is 9.47 Å². The number of benzene rings is 4. The number of allylic oxidation sites excluding steroid dienone is 2. The minimum atomic E-state index is 0.267. The molecule has 0 saturated carbocycles. The smallest absolute Gasteiger partial charge is 0.180 e. The number of hydrogen-bond donors (Lipinski definition) is 1. The highest BCUT2D eigenvalue weighted by Crippen LogP contribution is 2.50. The molecule has 3 atom stereocenters. The lowest BCUT2D eigenvalue weighted by Gasteiger charge is -2.37. The molecule has 0 aromatic heterocycles. The number of nitrogens with zero attached hydrogens (tertiary/aromatic N) is 1. The van der Waals surface area contributed by atoms with E-state index in [4.69, 9.17) is 26.1 Å². The molecule has 0 fully saturated rings. The van der Waals surface area contributed by atoms with Gasteiger partial charge in [-0.15, -0.1) is 0 Å². The fraction of sp³-hybridized carbons (Fsp3) is 0.250. The second-order valence-corrected chi connectivity index (χ2v) is 11.4. The number of nitrogens with one attached hydrogen (secondary N) is 1. The van der Waals surface area contributed by atoms with Crippen LogP contribution in [0.2, 0.25) is 5.02 Å². The maximum atomic E-state index is 6.66. The lowest BCUT2D eigenvalue weighted by Crippen LogP contribution is -2.29. The Hall–Kier alpha value is -4.02. The van der Waals surface area contributed by atoms with Gasteiger partial charge in [-0.2, -0.15) is 0 Å². The zero-order valence-corrected chi connectivity index (χ0v) is 24.5. The van der Waals surface area contributed by atoms with Crippen LogP contribution in [0.4, 0.5) is 11.4 Å². The van der Waals surface area contributed by atoms with Gasteiger partial charge in [0.1, 0.15) is 6.61 Å². The standard InChI is InChI=1S/C36H35ClN2O2/c1-4-40-34-20-26(19-32(37)36(34)41-22-25-11-8-23(2)9-12-25)21-38-28-15-13-27(14-16-28)35-30-7-5-6-29(30)31-18-24(3)10-17-33(31)39-35/h5-6,8-21,29-30,35,39H,4,7,22H2,1-3H3/t29-,30+,35+/m1/s1. The fourth-order valence-electron chi connectivity index (χ4n) is 5.87. The van der Waals surface area contributed by atoms with Crippen LogP contribution in [0.3, 0.4) is 0 Å². The second-order valence-electron chi connectivity index (χ2n) is 11.0. The zero-order valence-electron chi connectivity index (χ0n) is 23.7. The Bertz CT molecular complexity index is 1590. The van der Waals surface area contributed by atoms with E-state index >= 15 is 0 Å². The van der Waals surface area contributed by atoms with Gasteiger partial charge in [0, 0.05) is 17.8 Å². The molecule has 1 aliphatic heterocycles. The normalized spacial score (nSPS) is 19.1. The first kappa shape index (κ1) is 27.2. The average Bonchev–Trinajstić information content (AvgIpc) is 3.47. The molecule has 1 N–H and O–H groups in total. The van der Waals surface area contributed by atoms with Crippen molar-refractivity contribution in [1.82, 2.24) is 0 Å². The van der Waals surface area contributed by atoms with Crippen molar-refractivity contribution in [3.63, 3.8) is 0 Å². The van der Waals surface area contributed by atoms with Gasteiger partial charge in [0.05, 0.1) is 23.4 Å². The third kappa shape index (κ3) is 5.89. The number of rotatable bonds is 8. The van der Waals surface area contributed by atoms with Crippen LogP contribution in [0.5, 0.6) is 11.5 Å². The van der Waals surface area contributed by atoms with Crippen molar-refractivity contribution in [2.24, 2.45) is 10.9 Å². The highest BCUT2D eigenvalue weighted by Gasteiger charge is 2.37. The van der Waals surface area contributed by atoms with Gasteiger partial charge in [-0.05, 0) is 85.7 Å². The summed E-state index contributed by atoms with van der Waals surface area (Å²) in [6.45, 7) is 7.11. The molecular formula is C36H35ClN2O2. The predicted octanol–water partition coefficient (Wildman–Crippen LogP) is 9.51. The van der Waals surface area contributed by atoms with E-state index in [2.05, 4.69) is 98.0 Å². The summed E-state index contributed by atoms with van der Waals surface area (Å²) in [5, 5.41) is 4.32. The Morgan fingerprint density at radius 3 is 2.49 bits per heavy atom. The SMILES string of the molecule is CCOc1cc(C=Nc2ccc([C@@H]3Nc4ccc(C)cc4[C@@H]4C=CC[C@@H]43)cc2)cc(Cl)c1OCc1ccc(C)cc1. The Kier molecular flexibility index (Phi) is 7.84. The van der Waals surface area contributed by atoms with Crippen molar-refractivity contribution in [2.75, 3.05) is 11.9 Å². The summed E-state index contributed by atoms with van der Waals surface area (Å²) in [4.78, 5) is 4.74. The van der Waals surface area contributed by atoms with Crippen LogP contribution in [0.1, 0.15) is 58.7 Å². The Morgan fingerprint density at radius 1 is 0.927 bits per heavy atom. The first-order valence-corrected chi connectivity index (χ1v) is 14.7. The van der Waals surface area contributed by atoms with Crippen LogP contribution in [0.25, 0.3) is 0 Å². The summed E-state index contributed by atoms with van der Waals surface area (Å²) in [5.41, 5.74) is 9.27. The summed E-state index contributed by atoms with van der Waals surface area (Å²) < 4.78 is 12.0. The molecule has 1 heterocycles. The topological polar surface area (TPSA) is 42.8 Å². The molecule has 0 saturated heterocycles. The Morgan fingerprint density at radius 2 is 1.71 bits per heavy atom. The molecule has 0 unspecified atom stereocenters. The number of anilines is 1. The minimum Gasteiger partial charge on any atom is -0.490 e. The van der Waals surface area contributed by atoms with Crippen LogP contribution in [-0.4, -0.2) is 12.8 Å². The molecule has 4 nitrogen and oxygen atoms in total. The maximum absolute atomic E-state index is 6.66. The molecule has 0 spiro atoms. The Labute approximate surface area is 247 Å². The number of hydrogen-bond acceptors (Lipinski definition) is 4. The maximum Gasteiger partial charge on any atom is 0.180 e. The predicted molar refractivity (Wildman–Crippen MR) is 169 cm³/mol. The van der Waals surface area contributed by atoms with E-state index < -0.39 is 0 Å². The van der Waals surface area contributed by atoms with Gasteiger partial charge < -0.3 is 14.8 Å². The number of aryl methyl sites for hydroxylation is 2. The van der Waals surface area contributed by atoms with E-state index in [1.807, 2.05) is 25.3 Å². The number of aliphatic imine (C=N–C) groups is 1. The van der Waals surface area contributed by atoms with Crippen LogP contribution in [-0.2, 0) is 6.61 Å². The second kappa shape index (κ2) is 11.8. The molecule has 1 aliphatic carbocycles. The third-order valence-corrected chi connectivity index (χ3v) is 8.25. The average molecular weight is 563 g/mol. The molecule has 2 aliphatic rings. The number of fused-ring (bicyclic) bond motifs is 3. The van der Waals surface area contributed by atoms with Crippen molar-refractivity contribution in [3.05, 3.63) is 129 Å². The molecule has 208 valence electrons. The highest BCUT2D eigenvalue weighted by atomic mass is 35.5. The molecule has 0 radical (unpaired) electrons. The van der Waals surface area contributed by atoms with E-state index in [-0.39, 0.29) is 6.04 Å². The first-order chi connectivity index (χ1) is 20.0. The van der Waals surface area contributed by atoms with Crippen LogP contribution < -0.4 is 14.8 Å². The van der Waals surface area contributed by atoms with E-state index in [1.54, 1.807) is 0 Å². The molecular weight excluding hydrogens is 528 g/mol. The molecule has 5 heteroatoms. The number of ether oxygens (including phenoxy) is 2. The van der Waals surface area contributed by atoms with Gasteiger partial charge in [-0.1, -0.05) is 83.4 Å². The van der Waals surface area contributed by atoms with Gasteiger partial charge in [0.15, 0.2) is 11.5 Å². The summed E-state index contributed by atoms with van der Waals surface area (Å²) >= 11 is 6.66. The van der Waals surface area contributed by atoms with E-state index in [0.29, 0.717) is 41.6 Å². The Balaban J connectivity index is 1.17. The quantitative estimate of drug-likeness (QED) is 0.172. The van der Waals surface area contributed by atoms with Crippen LogP contribution in [0.15, 0.2) is 96.0 Å². The lowest BCUT2D eigenvalue weighted by atomic mass is 9.76. The lowest BCUT2D eigenvalue weighted by molar-refractivity contribution is 0.269. The summed E-state index contributed by atoms with van der Waals surface area (Å²) in [6, 6.07) is 27.6. The first-order valence-electron chi connectivity index (χ1n) is 14.3. The van der Waals surface area contributed by atoms with Crippen molar-refractivity contribution >= 4 is 29.2 Å². The van der Waals surface area contributed by atoms with Gasteiger partial charge in [-0.3, -0.25) is 4.99 Å². The van der Waals surface area contributed by atoms with Crippen LogP contribution in [0, 0.1) is 19.8 Å². The fourth-order valence-corrected chi connectivity index (χ4v) is 6.14. The number of halogens is 1. The molecule has 0 amide bonds. The van der Waals surface area contributed by atoms with Gasteiger partial charge in [-0.25, -0.2) is 0 Å². The van der Waals surface area contributed by atoms with Crippen molar-refractivity contribution in [2.45, 2.75) is 45.8 Å². The molecule has 4 aromatic carbocycles. The monoisotopic (exact) mass is 562 g/mol. The van der Waals surface area contributed by atoms with Gasteiger partial charge in [0.25, 0.3) is 0 Å². The highest BCUT2D eigenvalue weighted by molar-refractivity contribution is 6.32. The summed E-state index contributed by atoms with van der Waals surface area (Å²) in [5.74, 6) is 2.14. The molecule has 0 bridgehead atoms. The molecule has 4 aromatic rings. The van der Waals surface area contributed by atoms with E-state index in [1.165, 1.54) is 27.9 Å². The zero-order chi connectivity index (χ0) is 28.3. The van der Waals surface area contributed by atoms with Crippen molar-refractivity contribution in [1.29, 1.82) is 0 Å². The summed E-state index contributed by atoms with van der Waals surface area (Å²) in [7, 11) is 0. The minimum absolute atomic E-state index is 0.267. The molecule has 6 rings (SSSR count).